The lowest BCUT2D eigenvalue weighted by Crippen LogP contribution is -2.23. The van der Waals surface area contributed by atoms with Gasteiger partial charge in [0.05, 0.1) is 13.2 Å². The highest BCUT2D eigenvalue weighted by molar-refractivity contribution is 5.20. The van der Waals surface area contributed by atoms with Crippen molar-refractivity contribution >= 4 is 0 Å². The predicted molar refractivity (Wildman–Crippen MR) is 54.2 cm³/mol. The van der Waals surface area contributed by atoms with Crippen LogP contribution < -0.4 is 10.1 Å². The van der Waals surface area contributed by atoms with Gasteiger partial charge in [-0.3, -0.25) is 0 Å². The Balaban J connectivity index is 2.42. The highest BCUT2D eigenvalue weighted by atomic mass is 16.5. The summed E-state index contributed by atoms with van der Waals surface area (Å²) in [5.74, 6) is 0.612. The highest BCUT2D eigenvalue weighted by Gasteiger charge is 1.98. The summed E-state index contributed by atoms with van der Waals surface area (Å²) in [6, 6.07) is 3.78. The molecule has 1 aromatic rings. The number of nitrogens with one attached hydrogen (secondary N) is 1. The molecular formula is C10H16N2O2. The number of rotatable bonds is 5. The van der Waals surface area contributed by atoms with Crippen molar-refractivity contribution in [3.05, 3.63) is 23.9 Å². The maximum Gasteiger partial charge on any atom is 0.213 e. The number of aliphatic hydroxyl groups excluding tert-OH is 1. The molecule has 78 valence electrons. The number of hydrogen-bond donors (Lipinski definition) is 2. The van der Waals surface area contributed by atoms with E-state index in [0.29, 0.717) is 19.0 Å². The van der Waals surface area contributed by atoms with E-state index in [1.165, 1.54) is 0 Å². The summed E-state index contributed by atoms with van der Waals surface area (Å²) < 4.78 is 4.99. The SMILES string of the molecule is COc1cc(CNCC(C)O)ccn1. The van der Waals surface area contributed by atoms with Crippen LogP contribution in [0.4, 0.5) is 0 Å². The predicted octanol–water partition coefficient (Wildman–Crippen LogP) is 0.561. The van der Waals surface area contributed by atoms with E-state index in [1.54, 1.807) is 20.2 Å². The quantitative estimate of drug-likeness (QED) is 0.722. The van der Waals surface area contributed by atoms with Crippen molar-refractivity contribution in [2.24, 2.45) is 0 Å². The second-order valence-corrected chi connectivity index (χ2v) is 3.19. The molecule has 0 aliphatic carbocycles. The Morgan fingerprint density at radius 1 is 1.64 bits per heavy atom. The smallest absolute Gasteiger partial charge is 0.213 e. The third-order valence-electron chi connectivity index (χ3n) is 1.78. The molecule has 0 aliphatic heterocycles. The summed E-state index contributed by atoms with van der Waals surface area (Å²) in [5.41, 5.74) is 1.09. The number of hydrogen-bond acceptors (Lipinski definition) is 4. The van der Waals surface area contributed by atoms with Gasteiger partial charge in [-0.1, -0.05) is 0 Å². The lowest BCUT2D eigenvalue weighted by atomic mass is 10.2. The first-order valence-corrected chi connectivity index (χ1v) is 4.60. The summed E-state index contributed by atoms with van der Waals surface area (Å²) >= 11 is 0. The number of methoxy groups -OCH3 is 1. The van der Waals surface area contributed by atoms with E-state index in [0.717, 1.165) is 5.56 Å². The second-order valence-electron chi connectivity index (χ2n) is 3.19. The van der Waals surface area contributed by atoms with Crippen molar-refractivity contribution in [2.45, 2.75) is 19.6 Å². The van der Waals surface area contributed by atoms with Crippen molar-refractivity contribution in [3.63, 3.8) is 0 Å². The van der Waals surface area contributed by atoms with Gasteiger partial charge in [-0.15, -0.1) is 0 Å². The Kier molecular flexibility index (Phi) is 4.35. The molecule has 2 N–H and O–H groups in total. The van der Waals surface area contributed by atoms with E-state index in [9.17, 15) is 0 Å². The van der Waals surface area contributed by atoms with Crippen LogP contribution in [0.15, 0.2) is 18.3 Å². The minimum absolute atomic E-state index is 0.321. The van der Waals surface area contributed by atoms with E-state index >= 15 is 0 Å². The van der Waals surface area contributed by atoms with E-state index < -0.39 is 0 Å². The third kappa shape index (κ3) is 3.72. The topological polar surface area (TPSA) is 54.4 Å². The summed E-state index contributed by atoms with van der Waals surface area (Å²) in [6.07, 6.45) is 1.39. The standard InChI is InChI=1S/C10H16N2O2/c1-8(13)6-11-7-9-3-4-12-10(5-9)14-2/h3-5,8,11,13H,6-7H2,1-2H3. The van der Waals surface area contributed by atoms with Gasteiger partial charge in [0.25, 0.3) is 0 Å². The lowest BCUT2D eigenvalue weighted by Gasteiger charge is -2.07. The van der Waals surface area contributed by atoms with E-state index in [4.69, 9.17) is 9.84 Å². The molecule has 1 unspecified atom stereocenters. The Bertz CT molecular complexity index is 277. The first-order valence-electron chi connectivity index (χ1n) is 4.60. The van der Waals surface area contributed by atoms with Crippen LogP contribution in [0.2, 0.25) is 0 Å². The Morgan fingerprint density at radius 2 is 2.43 bits per heavy atom. The van der Waals surface area contributed by atoms with Crippen molar-refractivity contribution in [1.29, 1.82) is 0 Å². The molecule has 4 heteroatoms. The van der Waals surface area contributed by atoms with Gasteiger partial charge in [0.1, 0.15) is 0 Å². The van der Waals surface area contributed by atoms with Crippen LogP contribution >= 0.6 is 0 Å². The molecule has 0 amide bonds. The number of ether oxygens (including phenoxy) is 1. The van der Waals surface area contributed by atoms with Gasteiger partial charge in [-0.05, 0) is 18.6 Å². The molecule has 1 rings (SSSR count). The molecule has 0 saturated heterocycles. The van der Waals surface area contributed by atoms with Crippen LogP contribution in [0.1, 0.15) is 12.5 Å². The van der Waals surface area contributed by atoms with Crippen LogP contribution in [0, 0.1) is 0 Å². The first-order chi connectivity index (χ1) is 6.72. The molecule has 4 nitrogen and oxygen atoms in total. The second kappa shape index (κ2) is 5.57. The summed E-state index contributed by atoms with van der Waals surface area (Å²) in [6.45, 7) is 3.05. The monoisotopic (exact) mass is 196 g/mol. The van der Waals surface area contributed by atoms with Gasteiger partial charge in [0.2, 0.25) is 5.88 Å². The zero-order valence-corrected chi connectivity index (χ0v) is 8.53. The summed E-state index contributed by atoms with van der Waals surface area (Å²) in [7, 11) is 1.59. The average Bonchev–Trinajstić information content (AvgIpc) is 2.18. The van der Waals surface area contributed by atoms with Gasteiger partial charge in [0, 0.05) is 25.4 Å². The van der Waals surface area contributed by atoms with Crippen LogP contribution in [0.5, 0.6) is 5.88 Å². The van der Waals surface area contributed by atoms with E-state index in [-0.39, 0.29) is 6.10 Å². The van der Waals surface area contributed by atoms with Gasteiger partial charge in [-0.25, -0.2) is 4.98 Å². The Hall–Kier alpha value is -1.13. The summed E-state index contributed by atoms with van der Waals surface area (Å²) in [4.78, 5) is 4.00. The summed E-state index contributed by atoms with van der Waals surface area (Å²) in [5, 5.41) is 12.2. The molecular weight excluding hydrogens is 180 g/mol. The molecule has 0 aromatic carbocycles. The van der Waals surface area contributed by atoms with Gasteiger partial charge < -0.3 is 15.2 Å². The van der Waals surface area contributed by atoms with Crippen LogP contribution in [-0.4, -0.2) is 29.8 Å². The van der Waals surface area contributed by atoms with Gasteiger partial charge >= 0.3 is 0 Å². The fraction of sp³-hybridized carbons (Fsp3) is 0.500. The highest BCUT2D eigenvalue weighted by Crippen LogP contribution is 2.07. The maximum absolute atomic E-state index is 9.03. The normalized spacial score (nSPS) is 12.5. The fourth-order valence-electron chi connectivity index (χ4n) is 1.10. The lowest BCUT2D eigenvalue weighted by molar-refractivity contribution is 0.191. The van der Waals surface area contributed by atoms with Crippen molar-refractivity contribution < 1.29 is 9.84 Å². The minimum atomic E-state index is -0.321. The van der Waals surface area contributed by atoms with Gasteiger partial charge in [0.15, 0.2) is 0 Å². The maximum atomic E-state index is 9.03. The van der Waals surface area contributed by atoms with Crippen LogP contribution in [0.3, 0.4) is 0 Å². The van der Waals surface area contributed by atoms with E-state index in [2.05, 4.69) is 10.3 Å². The van der Waals surface area contributed by atoms with Crippen molar-refractivity contribution in [2.75, 3.05) is 13.7 Å². The average molecular weight is 196 g/mol. The largest absolute Gasteiger partial charge is 0.481 e. The molecule has 14 heavy (non-hydrogen) atoms. The zero-order chi connectivity index (χ0) is 10.4. The Morgan fingerprint density at radius 3 is 3.07 bits per heavy atom. The number of pyridine rings is 1. The molecule has 0 bridgehead atoms. The number of nitrogens with zero attached hydrogens (tertiary/aromatic N) is 1. The minimum Gasteiger partial charge on any atom is -0.481 e. The Labute approximate surface area is 83.9 Å². The number of aliphatic hydroxyl groups is 1. The molecule has 0 spiro atoms. The van der Waals surface area contributed by atoms with Crippen LogP contribution in [0.25, 0.3) is 0 Å². The molecule has 0 aliphatic rings. The van der Waals surface area contributed by atoms with Crippen LogP contribution in [-0.2, 0) is 6.54 Å². The first kappa shape index (κ1) is 10.9. The molecule has 0 saturated carbocycles. The van der Waals surface area contributed by atoms with Crippen molar-refractivity contribution in [1.82, 2.24) is 10.3 Å². The number of aromatic nitrogens is 1. The molecule has 0 fully saturated rings. The molecule has 1 atom stereocenters. The molecule has 0 radical (unpaired) electrons. The third-order valence-corrected chi connectivity index (χ3v) is 1.78. The van der Waals surface area contributed by atoms with E-state index in [1.807, 2.05) is 12.1 Å². The molecule has 1 heterocycles. The van der Waals surface area contributed by atoms with Crippen molar-refractivity contribution in [3.8, 4) is 5.88 Å². The molecule has 1 aromatic heterocycles. The fourth-order valence-corrected chi connectivity index (χ4v) is 1.10. The van der Waals surface area contributed by atoms with Gasteiger partial charge in [-0.2, -0.15) is 0 Å². The zero-order valence-electron chi connectivity index (χ0n) is 8.53.